The highest BCUT2D eigenvalue weighted by molar-refractivity contribution is 14.1. The highest BCUT2D eigenvalue weighted by Crippen LogP contribution is 2.24. The summed E-state index contributed by atoms with van der Waals surface area (Å²) >= 11 is 8.54. The molecule has 1 aliphatic carbocycles. The molecule has 3 rings (SSSR count). The lowest BCUT2D eigenvalue weighted by Crippen LogP contribution is -2.54. The first-order valence-electron chi connectivity index (χ1n) is 12.2. The zero-order valence-corrected chi connectivity index (χ0v) is 24.4. The molecule has 2 aromatic rings. The Hall–Kier alpha value is -1.85. The number of carbonyl (C=O) groups is 2. The second-order valence-corrected chi connectivity index (χ2v) is 12.7. The molecular weight excluding hydrogens is 613 g/mol. The summed E-state index contributed by atoms with van der Waals surface area (Å²) in [6.07, 6.45) is 6.62. The van der Waals surface area contributed by atoms with Crippen LogP contribution in [0.4, 0.5) is 5.69 Å². The molecular formula is C26H33ClIN3O4S. The van der Waals surface area contributed by atoms with Crippen molar-refractivity contribution < 1.29 is 18.0 Å². The van der Waals surface area contributed by atoms with Crippen LogP contribution in [0.1, 0.15) is 51.0 Å². The van der Waals surface area contributed by atoms with Crippen LogP contribution in [0, 0.1) is 3.57 Å². The van der Waals surface area contributed by atoms with Gasteiger partial charge in [0.25, 0.3) is 0 Å². The number of rotatable bonds is 10. The van der Waals surface area contributed by atoms with Crippen molar-refractivity contribution in [2.45, 2.75) is 64.1 Å². The van der Waals surface area contributed by atoms with Gasteiger partial charge in [0.1, 0.15) is 12.6 Å². The highest BCUT2D eigenvalue weighted by Gasteiger charge is 2.33. The molecule has 196 valence electrons. The quantitative estimate of drug-likeness (QED) is 0.370. The summed E-state index contributed by atoms with van der Waals surface area (Å²) < 4.78 is 27.4. The first-order chi connectivity index (χ1) is 17.1. The summed E-state index contributed by atoms with van der Waals surface area (Å²) in [6, 6.07) is 13.4. The minimum Gasteiger partial charge on any atom is -0.352 e. The molecule has 1 fully saturated rings. The number of hydrogen-bond donors (Lipinski definition) is 1. The van der Waals surface area contributed by atoms with E-state index in [0.29, 0.717) is 22.7 Å². The fourth-order valence-electron chi connectivity index (χ4n) is 4.50. The van der Waals surface area contributed by atoms with Gasteiger partial charge in [-0.2, -0.15) is 0 Å². The number of nitrogens with zero attached hydrogens (tertiary/aromatic N) is 2. The van der Waals surface area contributed by atoms with Gasteiger partial charge in [0.05, 0.1) is 11.9 Å². The van der Waals surface area contributed by atoms with Crippen LogP contribution in [0.15, 0.2) is 48.5 Å². The van der Waals surface area contributed by atoms with Crippen LogP contribution in [0.25, 0.3) is 0 Å². The molecule has 7 nitrogen and oxygen atoms in total. The Morgan fingerprint density at radius 3 is 2.31 bits per heavy atom. The third-order valence-corrected chi connectivity index (χ3v) is 8.66. The van der Waals surface area contributed by atoms with Crippen molar-refractivity contribution in [3.8, 4) is 0 Å². The maximum Gasteiger partial charge on any atom is 0.244 e. The monoisotopic (exact) mass is 645 g/mol. The second kappa shape index (κ2) is 13.1. The lowest BCUT2D eigenvalue weighted by atomic mass is 9.95. The Balaban J connectivity index is 1.91. The average molecular weight is 646 g/mol. The van der Waals surface area contributed by atoms with Gasteiger partial charge < -0.3 is 10.2 Å². The summed E-state index contributed by atoms with van der Waals surface area (Å²) in [4.78, 5) is 28.6. The average Bonchev–Trinajstić information content (AvgIpc) is 2.84. The molecule has 0 aromatic heterocycles. The van der Waals surface area contributed by atoms with Crippen molar-refractivity contribution in [1.29, 1.82) is 0 Å². The number of benzene rings is 2. The highest BCUT2D eigenvalue weighted by atomic mass is 127. The van der Waals surface area contributed by atoms with Crippen LogP contribution >= 0.6 is 34.2 Å². The Labute approximate surface area is 232 Å². The van der Waals surface area contributed by atoms with Crippen LogP contribution in [0.5, 0.6) is 0 Å². The molecule has 0 unspecified atom stereocenters. The first kappa shape index (κ1) is 28.7. The fraction of sp³-hybridized carbons (Fsp3) is 0.462. The number of sulfonamides is 1. The lowest BCUT2D eigenvalue weighted by Gasteiger charge is -2.34. The predicted octanol–water partition coefficient (Wildman–Crippen LogP) is 4.97. The van der Waals surface area contributed by atoms with Crippen LogP contribution in [0.2, 0.25) is 5.02 Å². The largest absolute Gasteiger partial charge is 0.352 e. The van der Waals surface area contributed by atoms with Gasteiger partial charge >= 0.3 is 0 Å². The molecule has 0 aliphatic heterocycles. The van der Waals surface area contributed by atoms with Crippen molar-refractivity contribution in [3.63, 3.8) is 0 Å². The summed E-state index contributed by atoms with van der Waals surface area (Å²) in [7, 11) is -3.76. The maximum absolute atomic E-state index is 13.7. The molecule has 0 radical (unpaired) electrons. The van der Waals surface area contributed by atoms with E-state index in [0.717, 1.165) is 39.8 Å². The van der Waals surface area contributed by atoms with Gasteiger partial charge in [-0.25, -0.2) is 8.42 Å². The third-order valence-electron chi connectivity index (χ3n) is 6.43. The molecule has 10 heteroatoms. The summed E-state index contributed by atoms with van der Waals surface area (Å²) in [5, 5.41) is 3.61. The van der Waals surface area contributed by atoms with Crippen LogP contribution < -0.4 is 9.62 Å². The topological polar surface area (TPSA) is 86.8 Å². The Bertz CT molecular complexity index is 1150. The number of amides is 2. The van der Waals surface area contributed by atoms with E-state index in [4.69, 9.17) is 11.6 Å². The molecule has 0 heterocycles. The van der Waals surface area contributed by atoms with Gasteiger partial charge in [-0.3, -0.25) is 13.9 Å². The number of halogens is 2. The van der Waals surface area contributed by atoms with Gasteiger partial charge in [0.15, 0.2) is 0 Å². The van der Waals surface area contributed by atoms with Crippen LogP contribution in [-0.2, 0) is 26.2 Å². The Morgan fingerprint density at radius 2 is 1.72 bits per heavy atom. The number of anilines is 1. The minimum absolute atomic E-state index is 0.0943. The Morgan fingerprint density at radius 1 is 1.08 bits per heavy atom. The number of carbonyl (C=O) groups excluding carboxylic acids is 2. The molecule has 36 heavy (non-hydrogen) atoms. The van der Waals surface area contributed by atoms with Crippen molar-refractivity contribution in [2.24, 2.45) is 0 Å². The summed E-state index contributed by atoms with van der Waals surface area (Å²) in [6.45, 7) is 1.53. The van der Waals surface area contributed by atoms with Crippen molar-refractivity contribution >= 4 is 61.7 Å². The van der Waals surface area contributed by atoms with Crippen LogP contribution in [0.3, 0.4) is 0 Å². The van der Waals surface area contributed by atoms with Crippen molar-refractivity contribution in [1.82, 2.24) is 10.2 Å². The van der Waals surface area contributed by atoms with E-state index in [2.05, 4.69) is 27.9 Å². The van der Waals surface area contributed by atoms with E-state index in [1.807, 2.05) is 19.1 Å². The van der Waals surface area contributed by atoms with Crippen LogP contribution in [-0.4, -0.2) is 50.0 Å². The van der Waals surface area contributed by atoms with Crippen molar-refractivity contribution in [3.05, 3.63) is 62.7 Å². The lowest BCUT2D eigenvalue weighted by molar-refractivity contribution is -0.140. The number of hydrogen-bond acceptors (Lipinski definition) is 4. The Kier molecular flexibility index (Phi) is 10.4. The zero-order chi connectivity index (χ0) is 26.3. The van der Waals surface area contributed by atoms with E-state index < -0.39 is 28.5 Å². The summed E-state index contributed by atoms with van der Waals surface area (Å²) in [5.74, 6) is -0.686. The van der Waals surface area contributed by atoms with E-state index >= 15 is 0 Å². The molecule has 2 aromatic carbocycles. The molecule has 0 saturated heterocycles. The standard InChI is InChI=1S/C26H33ClIN3O4S/c1-3-24(26(33)29-21-10-5-4-6-11-21)30(17-19-9-7-8-12-23(19)27)25(32)18-31(36(2,34)35)22-15-13-20(28)14-16-22/h7-9,12-16,21,24H,3-6,10-11,17-18H2,1-2H3,(H,29,33)/t24-/m0/s1. The smallest absolute Gasteiger partial charge is 0.244 e. The second-order valence-electron chi connectivity index (χ2n) is 9.13. The van der Waals surface area contributed by atoms with Gasteiger partial charge in [-0.05, 0) is 77.7 Å². The first-order valence-corrected chi connectivity index (χ1v) is 15.5. The zero-order valence-electron chi connectivity index (χ0n) is 20.6. The van der Waals surface area contributed by atoms with Gasteiger partial charge in [-0.15, -0.1) is 0 Å². The number of nitrogens with one attached hydrogen (secondary N) is 1. The maximum atomic E-state index is 13.7. The molecule has 1 N–H and O–H groups in total. The van der Waals surface area contributed by atoms with E-state index in [1.54, 1.807) is 36.4 Å². The van der Waals surface area contributed by atoms with Gasteiger partial charge in [-0.1, -0.05) is 56.0 Å². The normalized spacial score (nSPS) is 15.2. The van der Waals surface area contributed by atoms with Gasteiger partial charge in [0, 0.05) is 21.2 Å². The van der Waals surface area contributed by atoms with Gasteiger partial charge in [0.2, 0.25) is 21.8 Å². The van der Waals surface area contributed by atoms with Crippen molar-refractivity contribution in [2.75, 3.05) is 17.1 Å². The fourth-order valence-corrected chi connectivity index (χ4v) is 5.90. The van der Waals surface area contributed by atoms with E-state index in [1.165, 1.54) is 11.3 Å². The molecule has 0 spiro atoms. The molecule has 1 atom stereocenters. The summed E-state index contributed by atoms with van der Waals surface area (Å²) in [5.41, 5.74) is 1.08. The molecule has 1 saturated carbocycles. The van der Waals surface area contributed by atoms with E-state index in [-0.39, 0.29) is 18.5 Å². The SMILES string of the molecule is CC[C@@H](C(=O)NC1CCCCC1)N(Cc1ccccc1Cl)C(=O)CN(c1ccc(I)cc1)S(C)(=O)=O. The van der Waals surface area contributed by atoms with E-state index in [9.17, 15) is 18.0 Å². The molecule has 1 aliphatic rings. The molecule has 2 amide bonds. The third kappa shape index (κ3) is 7.82. The predicted molar refractivity (Wildman–Crippen MR) is 152 cm³/mol. The molecule has 0 bridgehead atoms. The minimum atomic E-state index is -3.76.